The lowest BCUT2D eigenvalue weighted by molar-refractivity contribution is -0.135. The number of nitrogens with one attached hydrogen (secondary N) is 1. The molecule has 10 nitrogen and oxygen atoms in total. The van der Waals surface area contributed by atoms with Gasteiger partial charge in [-0.15, -0.1) is 4.91 Å². The SMILES string of the molecule is CCN1C(=O)C(N=O)C(NC(=O)/C=C/c2ccc(OC)c(OC)c2)N(CC)C1=O. The van der Waals surface area contributed by atoms with Crippen LogP contribution < -0.4 is 14.8 Å². The summed E-state index contributed by atoms with van der Waals surface area (Å²) in [6.45, 7) is 3.61. The number of rotatable bonds is 8. The van der Waals surface area contributed by atoms with Crippen LogP contribution in [0.4, 0.5) is 4.79 Å². The average Bonchev–Trinajstić information content (AvgIpc) is 2.72. The Hall–Kier alpha value is -3.43. The van der Waals surface area contributed by atoms with Gasteiger partial charge in [-0.1, -0.05) is 11.2 Å². The van der Waals surface area contributed by atoms with Crippen molar-refractivity contribution in [1.82, 2.24) is 15.1 Å². The lowest BCUT2D eigenvalue weighted by Crippen LogP contribution is -2.68. The maximum atomic E-state index is 12.5. The average molecular weight is 404 g/mol. The number of hydrogen-bond acceptors (Lipinski definition) is 7. The smallest absolute Gasteiger partial charge is 0.328 e. The number of urea groups is 1. The molecule has 1 N–H and O–H groups in total. The summed E-state index contributed by atoms with van der Waals surface area (Å²) in [5.41, 5.74) is 0.670. The van der Waals surface area contributed by atoms with Gasteiger partial charge < -0.3 is 19.7 Å². The van der Waals surface area contributed by atoms with Crippen molar-refractivity contribution in [3.8, 4) is 11.5 Å². The van der Waals surface area contributed by atoms with E-state index in [1.54, 1.807) is 32.0 Å². The summed E-state index contributed by atoms with van der Waals surface area (Å²) in [4.78, 5) is 50.6. The number of ether oxygens (including phenoxy) is 2. The lowest BCUT2D eigenvalue weighted by atomic mass is 10.1. The minimum Gasteiger partial charge on any atom is -0.493 e. The van der Waals surface area contributed by atoms with Crippen molar-refractivity contribution >= 4 is 23.9 Å². The lowest BCUT2D eigenvalue weighted by Gasteiger charge is -2.41. The van der Waals surface area contributed by atoms with E-state index in [0.29, 0.717) is 17.1 Å². The van der Waals surface area contributed by atoms with Gasteiger partial charge in [0.15, 0.2) is 11.5 Å². The molecule has 0 aliphatic carbocycles. The van der Waals surface area contributed by atoms with Gasteiger partial charge in [0.05, 0.1) is 14.2 Å². The predicted octanol–water partition coefficient (Wildman–Crippen LogP) is 1.60. The fourth-order valence-corrected chi connectivity index (χ4v) is 3.04. The van der Waals surface area contributed by atoms with Gasteiger partial charge in [-0.05, 0) is 37.6 Å². The number of carbonyl (C=O) groups excluding carboxylic acids is 3. The van der Waals surface area contributed by atoms with Gasteiger partial charge in [-0.2, -0.15) is 0 Å². The molecule has 1 aromatic rings. The zero-order valence-electron chi connectivity index (χ0n) is 16.7. The number of hydrogen-bond donors (Lipinski definition) is 1. The van der Waals surface area contributed by atoms with Crippen LogP contribution in [0.15, 0.2) is 29.5 Å². The van der Waals surface area contributed by atoms with Crippen LogP contribution in [0, 0.1) is 4.91 Å². The van der Waals surface area contributed by atoms with Gasteiger partial charge in [0.1, 0.15) is 6.17 Å². The first-order chi connectivity index (χ1) is 13.9. The highest BCUT2D eigenvalue weighted by Gasteiger charge is 2.46. The molecule has 0 saturated carbocycles. The number of nitroso groups, excluding NO2 is 1. The number of imide groups is 1. The van der Waals surface area contributed by atoms with Crippen LogP contribution in [0.3, 0.4) is 0 Å². The molecule has 0 spiro atoms. The van der Waals surface area contributed by atoms with E-state index in [1.807, 2.05) is 0 Å². The van der Waals surface area contributed by atoms with E-state index >= 15 is 0 Å². The van der Waals surface area contributed by atoms with Gasteiger partial charge in [0.25, 0.3) is 5.91 Å². The van der Waals surface area contributed by atoms with Gasteiger partial charge in [0, 0.05) is 19.2 Å². The molecule has 0 aromatic heterocycles. The molecule has 1 heterocycles. The summed E-state index contributed by atoms with van der Waals surface area (Å²) in [6.07, 6.45) is 1.61. The summed E-state index contributed by atoms with van der Waals surface area (Å²) >= 11 is 0. The molecule has 4 amide bonds. The highest BCUT2D eigenvalue weighted by molar-refractivity contribution is 6.01. The van der Waals surface area contributed by atoms with Crippen LogP contribution in [0.2, 0.25) is 0 Å². The first kappa shape index (κ1) is 21.9. The summed E-state index contributed by atoms with van der Waals surface area (Å²) in [6, 6.07) is 3.12. The number of amides is 4. The Bertz CT molecular complexity index is 825. The Morgan fingerprint density at radius 1 is 1.17 bits per heavy atom. The third-order valence-electron chi connectivity index (χ3n) is 4.53. The van der Waals surface area contributed by atoms with Crippen LogP contribution in [0.25, 0.3) is 6.08 Å². The van der Waals surface area contributed by atoms with Crippen molar-refractivity contribution in [2.75, 3.05) is 27.3 Å². The Morgan fingerprint density at radius 2 is 1.86 bits per heavy atom. The van der Waals surface area contributed by atoms with E-state index in [9.17, 15) is 19.3 Å². The van der Waals surface area contributed by atoms with E-state index < -0.39 is 30.1 Å². The predicted molar refractivity (Wildman–Crippen MR) is 105 cm³/mol. The normalized spacial score (nSPS) is 19.4. The maximum Gasteiger partial charge on any atom is 0.328 e. The zero-order chi connectivity index (χ0) is 21.6. The Balaban J connectivity index is 2.19. The fourth-order valence-electron chi connectivity index (χ4n) is 3.04. The molecule has 1 aromatic carbocycles. The van der Waals surface area contributed by atoms with Crippen LogP contribution in [0.1, 0.15) is 19.4 Å². The molecule has 10 heteroatoms. The zero-order valence-corrected chi connectivity index (χ0v) is 16.7. The van der Waals surface area contributed by atoms with Crippen molar-refractivity contribution < 1.29 is 23.9 Å². The van der Waals surface area contributed by atoms with Crippen LogP contribution in [0.5, 0.6) is 11.5 Å². The van der Waals surface area contributed by atoms with E-state index in [-0.39, 0.29) is 13.1 Å². The topological polar surface area (TPSA) is 118 Å². The second kappa shape index (κ2) is 9.67. The fraction of sp³-hybridized carbons (Fsp3) is 0.421. The maximum absolute atomic E-state index is 12.5. The number of nitrogens with zero attached hydrogens (tertiary/aromatic N) is 3. The van der Waals surface area contributed by atoms with Crippen molar-refractivity contribution in [1.29, 1.82) is 0 Å². The van der Waals surface area contributed by atoms with Crippen molar-refractivity contribution in [2.45, 2.75) is 26.1 Å². The van der Waals surface area contributed by atoms with E-state index in [0.717, 1.165) is 4.90 Å². The molecule has 1 saturated heterocycles. The summed E-state index contributed by atoms with van der Waals surface area (Å²) < 4.78 is 10.4. The monoisotopic (exact) mass is 404 g/mol. The van der Waals surface area contributed by atoms with Crippen molar-refractivity contribution in [2.24, 2.45) is 5.18 Å². The quantitative estimate of drug-likeness (QED) is 0.519. The van der Waals surface area contributed by atoms with Gasteiger partial charge in [0.2, 0.25) is 11.9 Å². The molecule has 1 aliphatic heterocycles. The van der Waals surface area contributed by atoms with Crippen LogP contribution in [-0.2, 0) is 9.59 Å². The van der Waals surface area contributed by atoms with Gasteiger partial charge in [-0.25, -0.2) is 4.79 Å². The van der Waals surface area contributed by atoms with Crippen molar-refractivity contribution in [3.63, 3.8) is 0 Å². The minimum atomic E-state index is -1.41. The molecule has 1 aliphatic rings. The second-order valence-corrected chi connectivity index (χ2v) is 6.10. The number of carbonyl (C=O) groups is 3. The van der Waals surface area contributed by atoms with Crippen LogP contribution in [-0.4, -0.2) is 67.2 Å². The summed E-state index contributed by atoms with van der Waals surface area (Å²) in [7, 11) is 3.02. The molecule has 2 rings (SSSR count). The Labute approximate surface area is 168 Å². The highest BCUT2D eigenvalue weighted by Crippen LogP contribution is 2.28. The number of methoxy groups -OCH3 is 2. The van der Waals surface area contributed by atoms with Crippen molar-refractivity contribution in [3.05, 3.63) is 34.7 Å². The highest BCUT2D eigenvalue weighted by atomic mass is 16.5. The minimum absolute atomic E-state index is 0.111. The number of likely N-dealkylation sites (N-methyl/N-ethyl adjacent to an activating group) is 2. The standard InChI is InChI=1S/C19H24N4O6/c1-5-22-17(16(21-27)18(25)23(6-2)19(22)26)20-15(24)10-8-12-7-9-13(28-3)14(11-12)29-4/h7-11,16-17H,5-6H2,1-4H3,(H,20,24)/b10-8+. The van der Waals surface area contributed by atoms with Gasteiger partial charge >= 0.3 is 6.03 Å². The molecule has 0 bridgehead atoms. The first-order valence-corrected chi connectivity index (χ1v) is 9.06. The molecule has 2 atom stereocenters. The largest absolute Gasteiger partial charge is 0.493 e. The molecular formula is C19H24N4O6. The van der Waals surface area contributed by atoms with E-state index in [2.05, 4.69) is 10.5 Å². The summed E-state index contributed by atoms with van der Waals surface area (Å²) in [5.74, 6) is -0.262. The van der Waals surface area contributed by atoms with Crippen LogP contribution >= 0.6 is 0 Å². The first-order valence-electron chi connectivity index (χ1n) is 9.06. The molecular weight excluding hydrogens is 380 g/mol. The Kier molecular flexibility index (Phi) is 7.29. The van der Waals surface area contributed by atoms with E-state index in [4.69, 9.17) is 9.47 Å². The molecule has 1 fully saturated rings. The third kappa shape index (κ3) is 4.53. The summed E-state index contributed by atoms with van der Waals surface area (Å²) in [5, 5.41) is 5.38. The molecule has 29 heavy (non-hydrogen) atoms. The molecule has 2 unspecified atom stereocenters. The number of benzene rings is 1. The van der Waals surface area contributed by atoms with Gasteiger partial charge in [-0.3, -0.25) is 14.5 Å². The third-order valence-corrected chi connectivity index (χ3v) is 4.53. The van der Waals surface area contributed by atoms with E-state index in [1.165, 1.54) is 31.3 Å². The Morgan fingerprint density at radius 3 is 2.41 bits per heavy atom. The molecule has 0 radical (unpaired) electrons. The second-order valence-electron chi connectivity index (χ2n) is 6.10. The molecule has 156 valence electrons.